The molecule has 0 spiro atoms. The van der Waals surface area contributed by atoms with Gasteiger partial charge in [-0.3, -0.25) is 4.79 Å². The van der Waals surface area contributed by atoms with Crippen molar-refractivity contribution in [3.05, 3.63) is 69.6 Å². The lowest BCUT2D eigenvalue weighted by molar-refractivity contribution is 0.0728. The smallest absolute Gasteiger partial charge is 0.364 e. The van der Waals surface area contributed by atoms with Gasteiger partial charge < -0.3 is 4.74 Å². The van der Waals surface area contributed by atoms with E-state index in [0.717, 1.165) is 15.8 Å². The molecule has 3 rings (SSSR count). The van der Waals surface area contributed by atoms with Gasteiger partial charge in [-0.15, -0.1) is 0 Å². The standard InChI is InChI=1S/C18H16N2O3/c1-11-8-12(2)10-13(9-11)23-18(22)16-14-6-4-5-7-15(14)17(21)20(3)19-16/h4-10H,1-3H3. The van der Waals surface area contributed by atoms with E-state index in [-0.39, 0.29) is 11.3 Å². The van der Waals surface area contributed by atoms with Gasteiger partial charge in [0.25, 0.3) is 5.56 Å². The number of nitrogens with zero attached hydrogens (tertiary/aromatic N) is 2. The minimum Gasteiger partial charge on any atom is -0.422 e. The summed E-state index contributed by atoms with van der Waals surface area (Å²) in [5, 5.41) is 5.00. The lowest BCUT2D eigenvalue weighted by atomic mass is 10.1. The van der Waals surface area contributed by atoms with E-state index in [1.165, 1.54) is 7.05 Å². The van der Waals surface area contributed by atoms with Crippen molar-refractivity contribution in [3.8, 4) is 5.75 Å². The van der Waals surface area contributed by atoms with E-state index in [1.807, 2.05) is 19.9 Å². The fourth-order valence-electron chi connectivity index (χ4n) is 2.60. The van der Waals surface area contributed by atoms with Crippen molar-refractivity contribution in [3.63, 3.8) is 0 Å². The highest BCUT2D eigenvalue weighted by Gasteiger charge is 2.17. The van der Waals surface area contributed by atoms with Crippen molar-refractivity contribution in [2.75, 3.05) is 0 Å². The van der Waals surface area contributed by atoms with E-state index in [0.29, 0.717) is 16.5 Å². The van der Waals surface area contributed by atoms with Crippen LogP contribution in [0.15, 0.2) is 47.3 Å². The Labute approximate surface area is 133 Å². The summed E-state index contributed by atoms with van der Waals surface area (Å²) in [5.41, 5.74) is 1.89. The van der Waals surface area contributed by atoms with Gasteiger partial charge in [0.05, 0.1) is 5.39 Å². The number of aryl methyl sites for hydroxylation is 3. The molecule has 0 saturated heterocycles. The van der Waals surface area contributed by atoms with Crippen molar-refractivity contribution < 1.29 is 9.53 Å². The molecule has 0 bridgehead atoms. The summed E-state index contributed by atoms with van der Waals surface area (Å²) in [4.78, 5) is 24.6. The maximum absolute atomic E-state index is 12.5. The number of benzene rings is 2. The Morgan fingerprint density at radius 3 is 2.30 bits per heavy atom. The number of aromatic nitrogens is 2. The summed E-state index contributed by atoms with van der Waals surface area (Å²) < 4.78 is 6.60. The highest BCUT2D eigenvalue weighted by molar-refractivity contribution is 6.02. The highest BCUT2D eigenvalue weighted by atomic mass is 16.5. The van der Waals surface area contributed by atoms with Gasteiger partial charge in [0, 0.05) is 12.4 Å². The zero-order chi connectivity index (χ0) is 16.6. The zero-order valence-corrected chi connectivity index (χ0v) is 13.2. The number of hydrogen-bond acceptors (Lipinski definition) is 4. The third-order valence-electron chi connectivity index (χ3n) is 3.56. The molecule has 0 aliphatic rings. The minimum absolute atomic E-state index is 0.127. The van der Waals surface area contributed by atoms with Crippen molar-refractivity contribution in [1.82, 2.24) is 9.78 Å². The van der Waals surface area contributed by atoms with Gasteiger partial charge in [-0.05, 0) is 43.2 Å². The van der Waals surface area contributed by atoms with Crippen molar-refractivity contribution in [2.24, 2.45) is 7.05 Å². The summed E-state index contributed by atoms with van der Waals surface area (Å²) >= 11 is 0. The number of ether oxygens (including phenoxy) is 1. The van der Waals surface area contributed by atoms with Crippen LogP contribution in [0.5, 0.6) is 5.75 Å². The van der Waals surface area contributed by atoms with E-state index < -0.39 is 5.97 Å². The van der Waals surface area contributed by atoms with Gasteiger partial charge in [0.15, 0.2) is 5.69 Å². The van der Waals surface area contributed by atoms with Crippen LogP contribution in [0.1, 0.15) is 21.6 Å². The van der Waals surface area contributed by atoms with Crippen molar-refractivity contribution in [1.29, 1.82) is 0 Å². The Kier molecular flexibility index (Phi) is 3.70. The molecule has 0 aliphatic carbocycles. The van der Waals surface area contributed by atoms with Crippen LogP contribution < -0.4 is 10.3 Å². The Morgan fingerprint density at radius 1 is 1.04 bits per heavy atom. The number of fused-ring (bicyclic) bond motifs is 1. The number of carbonyl (C=O) groups is 1. The first kappa shape index (κ1) is 15.0. The van der Waals surface area contributed by atoms with Gasteiger partial charge in [-0.2, -0.15) is 5.10 Å². The molecule has 0 radical (unpaired) electrons. The van der Waals surface area contributed by atoms with Gasteiger partial charge in [0.1, 0.15) is 5.75 Å². The number of hydrogen-bond donors (Lipinski definition) is 0. The average Bonchev–Trinajstić information content (AvgIpc) is 2.49. The second-order valence-corrected chi connectivity index (χ2v) is 5.54. The molecule has 0 amide bonds. The van der Waals surface area contributed by atoms with Crippen LogP contribution in [0, 0.1) is 13.8 Å². The van der Waals surface area contributed by atoms with Crippen LogP contribution >= 0.6 is 0 Å². The monoisotopic (exact) mass is 308 g/mol. The molecule has 5 heteroatoms. The third-order valence-corrected chi connectivity index (χ3v) is 3.56. The summed E-state index contributed by atoms with van der Waals surface area (Å²) in [5.74, 6) is -0.117. The average molecular weight is 308 g/mol. The molecule has 1 heterocycles. The largest absolute Gasteiger partial charge is 0.422 e. The molecule has 5 nitrogen and oxygen atoms in total. The van der Waals surface area contributed by atoms with Crippen LogP contribution in [0.4, 0.5) is 0 Å². The normalized spacial score (nSPS) is 10.7. The maximum Gasteiger partial charge on any atom is 0.364 e. The van der Waals surface area contributed by atoms with E-state index in [1.54, 1.807) is 36.4 Å². The zero-order valence-electron chi connectivity index (χ0n) is 13.2. The summed E-state index contributed by atoms with van der Waals surface area (Å²) in [6, 6.07) is 12.5. The third kappa shape index (κ3) is 2.85. The first-order valence-corrected chi connectivity index (χ1v) is 7.22. The second kappa shape index (κ2) is 5.68. The lowest BCUT2D eigenvalue weighted by Crippen LogP contribution is -2.24. The molecule has 0 atom stereocenters. The number of esters is 1. The SMILES string of the molecule is Cc1cc(C)cc(OC(=O)c2nn(C)c(=O)c3ccccc23)c1. The summed E-state index contributed by atoms with van der Waals surface area (Å²) in [7, 11) is 1.52. The Morgan fingerprint density at radius 2 is 1.65 bits per heavy atom. The molecular weight excluding hydrogens is 292 g/mol. The summed E-state index contributed by atoms with van der Waals surface area (Å²) in [6.07, 6.45) is 0. The summed E-state index contributed by atoms with van der Waals surface area (Å²) in [6.45, 7) is 3.87. The van der Waals surface area contributed by atoms with Gasteiger partial charge >= 0.3 is 5.97 Å². The first-order valence-electron chi connectivity index (χ1n) is 7.22. The topological polar surface area (TPSA) is 61.2 Å². The van der Waals surface area contributed by atoms with Crippen molar-refractivity contribution >= 4 is 16.7 Å². The fourth-order valence-corrected chi connectivity index (χ4v) is 2.60. The Bertz CT molecular complexity index is 953. The molecule has 23 heavy (non-hydrogen) atoms. The molecule has 0 aliphatic heterocycles. The van der Waals surface area contributed by atoms with Gasteiger partial charge in [0.2, 0.25) is 0 Å². The van der Waals surface area contributed by atoms with E-state index >= 15 is 0 Å². The van der Waals surface area contributed by atoms with E-state index in [9.17, 15) is 9.59 Å². The van der Waals surface area contributed by atoms with Crippen LogP contribution in [-0.2, 0) is 7.05 Å². The number of rotatable bonds is 2. The molecule has 1 aromatic heterocycles. The fraction of sp³-hybridized carbons (Fsp3) is 0.167. The minimum atomic E-state index is -0.582. The van der Waals surface area contributed by atoms with E-state index in [2.05, 4.69) is 5.10 Å². The molecular formula is C18H16N2O3. The van der Waals surface area contributed by atoms with Crippen LogP contribution in [-0.4, -0.2) is 15.7 Å². The Hall–Kier alpha value is -2.95. The predicted molar refractivity (Wildman–Crippen MR) is 87.9 cm³/mol. The lowest BCUT2D eigenvalue weighted by Gasteiger charge is -2.09. The highest BCUT2D eigenvalue weighted by Crippen LogP contribution is 2.19. The first-order chi connectivity index (χ1) is 11.0. The molecule has 0 unspecified atom stereocenters. The van der Waals surface area contributed by atoms with E-state index in [4.69, 9.17) is 4.74 Å². The molecule has 116 valence electrons. The molecule has 2 aromatic carbocycles. The van der Waals surface area contributed by atoms with Gasteiger partial charge in [-0.1, -0.05) is 24.3 Å². The van der Waals surface area contributed by atoms with Crippen LogP contribution in [0.25, 0.3) is 10.8 Å². The number of carbonyl (C=O) groups excluding carboxylic acids is 1. The van der Waals surface area contributed by atoms with Crippen molar-refractivity contribution in [2.45, 2.75) is 13.8 Å². The van der Waals surface area contributed by atoms with Crippen LogP contribution in [0.3, 0.4) is 0 Å². The quantitative estimate of drug-likeness (QED) is 0.539. The maximum atomic E-state index is 12.5. The van der Waals surface area contributed by atoms with Gasteiger partial charge in [-0.25, -0.2) is 9.48 Å². The Balaban J connectivity index is 2.08. The molecule has 0 N–H and O–H groups in total. The molecule has 0 fully saturated rings. The molecule has 0 saturated carbocycles. The van der Waals surface area contributed by atoms with Crippen LogP contribution in [0.2, 0.25) is 0 Å². The molecule has 3 aromatic rings. The predicted octanol–water partition coefficient (Wildman–Crippen LogP) is 2.77. The second-order valence-electron chi connectivity index (χ2n) is 5.54.